The smallest absolute Gasteiger partial charge is 0.269 e. The normalized spacial score (nSPS) is 10.5. The maximum absolute atomic E-state index is 10.8. The second-order valence-electron chi connectivity index (χ2n) is 5.20. The summed E-state index contributed by atoms with van der Waals surface area (Å²) in [6.07, 6.45) is 0. The van der Waals surface area contributed by atoms with Gasteiger partial charge in [0.05, 0.1) is 11.0 Å². The van der Waals surface area contributed by atoms with Crippen LogP contribution >= 0.6 is 0 Å². The topological polar surface area (TPSA) is 55.2 Å². The number of nitro benzene ring substituents is 1. The van der Waals surface area contributed by atoms with Gasteiger partial charge in [-0.2, -0.15) is 0 Å². The van der Waals surface area contributed by atoms with Gasteiger partial charge in [0, 0.05) is 17.8 Å². The highest BCUT2D eigenvalue weighted by molar-refractivity contribution is 5.52. The number of hydrogen-bond donors (Lipinski definition) is 1. The monoisotopic (exact) mass is 304 g/mol. The molecule has 0 heterocycles. The molecule has 0 aliphatic rings. The average molecular weight is 304 g/mol. The fourth-order valence-corrected chi connectivity index (χ4v) is 2.50. The van der Waals surface area contributed by atoms with Crippen LogP contribution in [0.5, 0.6) is 0 Å². The van der Waals surface area contributed by atoms with E-state index in [0.717, 1.165) is 16.8 Å². The molecule has 3 aromatic carbocycles. The van der Waals surface area contributed by atoms with Crippen LogP contribution in [0.1, 0.15) is 17.2 Å². The first-order chi connectivity index (χ1) is 11.2. The Kier molecular flexibility index (Phi) is 4.34. The molecule has 3 aromatic rings. The third-order valence-electron chi connectivity index (χ3n) is 3.65. The van der Waals surface area contributed by atoms with Gasteiger partial charge in [0.25, 0.3) is 5.69 Å². The molecule has 0 bridgehead atoms. The molecule has 0 aromatic heterocycles. The first-order valence-electron chi connectivity index (χ1n) is 7.35. The van der Waals surface area contributed by atoms with Crippen LogP contribution in [0.3, 0.4) is 0 Å². The second kappa shape index (κ2) is 6.75. The van der Waals surface area contributed by atoms with E-state index >= 15 is 0 Å². The average Bonchev–Trinajstić information content (AvgIpc) is 2.61. The summed E-state index contributed by atoms with van der Waals surface area (Å²) in [6, 6.07) is 26.7. The minimum Gasteiger partial charge on any atom is -0.374 e. The van der Waals surface area contributed by atoms with Crippen LogP contribution < -0.4 is 5.32 Å². The number of nitrogens with one attached hydrogen (secondary N) is 1. The number of nitrogens with zero attached hydrogens (tertiary/aromatic N) is 1. The Bertz CT molecular complexity index is 732. The molecule has 0 aliphatic carbocycles. The number of non-ortho nitro benzene ring substituents is 1. The molecule has 0 aliphatic heterocycles. The highest BCUT2D eigenvalue weighted by atomic mass is 16.6. The lowest BCUT2D eigenvalue weighted by atomic mass is 9.98. The van der Waals surface area contributed by atoms with Gasteiger partial charge in [-0.25, -0.2) is 0 Å². The summed E-state index contributed by atoms with van der Waals surface area (Å²) >= 11 is 0. The lowest BCUT2D eigenvalue weighted by Gasteiger charge is -2.21. The number of hydrogen-bond acceptors (Lipinski definition) is 3. The van der Waals surface area contributed by atoms with E-state index in [9.17, 15) is 10.1 Å². The van der Waals surface area contributed by atoms with Gasteiger partial charge in [-0.3, -0.25) is 10.1 Å². The maximum atomic E-state index is 10.8. The fourth-order valence-electron chi connectivity index (χ4n) is 2.50. The van der Waals surface area contributed by atoms with Crippen LogP contribution in [-0.4, -0.2) is 4.92 Å². The molecule has 114 valence electrons. The van der Waals surface area contributed by atoms with E-state index in [1.807, 2.05) is 36.4 Å². The first-order valence-corrected chi connectivity index (χ1v) is 7.35. The summed E-state index contributed by atoms with van der Waals surface area (Å²) in [5, 5.41) is 14.2. The zero-order valence-corrected chi connectivity index (χ0v) is 12.4. The molecule has 0 amide bonds. The van der Waals surface area contributed by atoms with Crippen molar-refractivity contribution in [2.24, 2.45) is 0 Å². The van der Waals surface area contributed by atoms with Gasteiger partial charge in [0.2, 0.25) is 0 Å². The summed E-state index contributed by atoms with van der Waals surface area (Å²) < 4.78 is 0. The maximum Gasteiger partial charge on any atom is 0.269 e. The van der Waals surface area contributed by atoms with E-state index in [2.05, 4.69) is 29.6 Å². The van der Waals surface area contributed by atoms with Crippen molar-refractivity contribution in [3.8, 4) is 0 Å². The zero-order chi connectivity index (χ0) is 16.1. The van der Waals surface area contributed by atoms with Gasteiger partial charge in [-0.05, 0) is 23.3 Å². The third kappa shape index (κ3) is 3.55. The summed E-state index contributed by atoms with van der Waals surface area (Å²) in [4.78, 5) is 10.4. The minimum absolute atomic E-state index is 0.0149. The molecule has 0 unspecified atom stereocenters. The van der Waals surface area contributed by atoms with Crippen LogP contribution in [0.15, 0.2) is 84.9 Å². The molecule has 4 nitrogen and oxygen atoms in total. The highest BCUT2D eigenvalue weighted by Crippen LogP contribution is 2.27. The second-order valence-corrected chi connectivity index (χ2v) is 5.20. The Hall–Kier alpha value is -3.14. The van der Waals surface area contributed by atoms with Gasteiger partial charge >= 0.3 is 0 Å². The molecule has 0 saturated heterocycles. The quantitative estimate of drug-likeness (QED) is 0.544. The van der Waals surface area contributed by atoms with Crippen molar-refractivity contribution in [3.63, 3.8) is 0 Å². The van der Waals surface area contributed by atoms with Crippen molar-refractivity contribution in [1.29, 1.82) is 0 Å². The van der Waals surface area contributed by atoms with E-state index in [0.29, 0.717) is 0 Å². The largest absolute Gasteiger partial charge is 0.374 e. The van der Waals surface area contributed by atoms with Crippen LogP contribution in [-0.2, 0) is 0 Å². The van der Waals surface area contributed by atoms with Crippen molar-refractivity contribution in [3.05, 3.63) is 106 Å². The van der Waals surface area contributed by atoms with E-state index in [1.165, 1.54) is 12.1 Å². The van der Waals surface area contributed by atoms with E-state index in [4.69, 9.17) is 0 Å². The lowest BCUT2D eigenvalue weighted by Crippen LogP contribution is -2.12. The fraction of sp³-hybridized carbons (Fsp3) is 0.0526. The lowest BCUT2D eigenvalue weighted by molar-refractivity contribution is -0.384. The summed E-state index contributed by atoms with van der Waals surface area (Å²) in [5.74, 6) is 0. The minimum atomic E-state index is -0.393. The van der Waals surface area contributed by atoms with Gasteiger partial charge < -0.3 is 5.32 Å². The Balaban J connectivity index is 1.92. The Labute approximate surface area is 134 Å². The Morgan fingerprint density at radius 2 is 1.22 bits per heavy atom. The molecule has 0 fully saturated rings. The first kappa shape index (κ1) is 14.8. The molecule has 3 rings (SSSR count). The van der Waals surface area contributed by atoms with Crippen LogP contribution in [0, 0.1) is 10.1 Å². The summed E-state index contributed by atoms with van der Waals surface area (Å²) in [5.41, 5.74) is 3.20. The van der Waals surface area contributed by atoms with E-state index in [-0.39, 0.29) is 11.7 Å². The van der Waals surface area contributed by atoms with Crippen molar-refractivity contribution in [1.82, 2.24) is 0 Å². The van der Waals surface area contributed by atoms with Crippen LogP contribution in [0.4, 0.5) is 11.4 Å². The molecule has 0 radical (unpaired) electrons. The van der Waals surface area contributed by atoms with Crippen molar-refractivity contribution in [2.45, 2.75) is 6.04 Å². The van der Waals surface area contributed by atoms with Gasteiger partial charge in [0.1, 0.15) is 0 Å². The van der Waals surface area contributed by atoms with Crippen LogP contribution in [0.2, 0.25) is 0 Å². The number of nitro groups is 1. The van der Waals surface area contributed by atoms with E-state index in [1.54, 1.807) is 12.1 Å². The summed E-state index contributed by atoms with van der Waals surface area (Å²) in [6.45, 7) is 0. The zero-order valence-electron chi connectivity index (χ0n) is 12.4. The summed E-state index contributed by atoms with van der Waals surface area (Å²) in [7, 11) is 0. The van der Waals surface area contributed by atoms with Gasteiger partial charge in [-0.15, -0.1) is 0 Å². The number of benzene rings is 3. The molecule has 4 heteroatoms. The van der Waals surface area contributed by atoms with Crippen molar-refractivity contribution < 1.29 is 4.92 Å². The molecule has 0 atom stereocenters. The van der Waals surface area contributed by atoms with Gasteiger partial charge in [0.15, 0.2) is 0 Å². The van der Waals surface area contributed by atoms with Crippen molar-refractivity contribution in [2.75, 3.05) is 5.32 Å². The highest BCUT2D eigenvalue weighted by Gasteiger charge is 2.14. The molecular formula is C19H16N2O2. The SMILES string of the molecule is O=[N+]([O-])c1ccc(NC(c2ccccc2)c2ccccc2)cc1. The van der Waals surface area contributed by atoms with E-state index < -0.39 is 4.92 Å². The molecule has 0 spiro atoms. The molecular weight excluding hydrogens is 288 g/mol. The predicted molar refractivity (Wildman–Crippen MR) is 91.4 cm³/mol. The van der Waals surface area contributed by atoms with Crippen molar-refractivity contribution >= 4 is 11.4 Å². The standard InChI is InChI=1S/C19H16N2O2/c22-21(23)18-13-11-17(12-14-18)20-19(15-7-3-1-4-8-15)16-9-5-2-6-10-16/h1-14,19-20H. The molecule has 0 saturated carbocycles. The van der Waals surface area contributed by atoms with Gasteiger partial charge in [-0.1, -0.05) is 60.7 Å². The number of anilines is 1. The Morgan fingerprint density at radius 3 is 1.65 bits per heavy atom. The predicted octanol–water partition coefficient (Wildman–Crippen LogP) is 4.80. The Morgan fingerprint density at radius 1 is 0.739 bits per heavy atom. The van der Waals surface area contributed by atoms with Crippen LogP contribution in [0.25, 0.3) is 0 Å². The number of rotatable bonds is 5. The molecule has 23 heavy (non-hydrogen) atoms. The molecule has 1 N–H and O–H groups in total. The third-order valence-corrected chi connectivity index (χ3v) is 3.65.